The number of fused-ring (bicyclic) bond motifs is 1. The van der Waals surface area contributed by atoms with Crippen molar-refractivity contribution < 1.29 is 9.59 Å². The zero-order valence-electron chi connectivity index (χ0n) is 16.9. The maximum Gasteiger partial charge on any atom is 0.267 e. The van der Waals surface area contributed by atoms with Crippen LogP contribution in [0.4, 0.5) is 0 Å². The van der Waals surface area contributed by atoms with Crippen LogP contribution < -0.4 is 10.5 Å². The maximum absolute atomic E-state index is 12.8. The summed E-state index contributed by atoms with van der Waals surface area (Å²) in [5, 5.41) is 9.34. The molecule has 0 aliphatic heterocycles. The summed E-state index contributed by atoms with van der Waals surface area (Å²) in [6.07, 6.45) is 8.77. The number of aromatic nitrogens is 4. The number of hydrogen-bond acceptors (Lipinski definition) is 6. The highest BCUT2D eigenvalue weighted by atomic mass is 32.2. The topological polar surface area (TPSA) is 116 Å². The minimum atomic E-state index is -0.571. The van der Waals surface area contributed by atoms with Crippen LogP contribution in [-0.4, -0.2) is 31.8 Å². The highest BCUT2D eigenvalue weighted by Crippen LogP contribution is 2.35. The molecule has 1 aromatic carbocycles. The predicted octanol–water partition coefficient (Wildman–Crippen LogP) is 2.63. The number of aryl methyl sites for hydroxylation is 1. The number of carbonyl (C=O) groups excluding carboxylic acids is 2. The van der Waals surface area contributed by atoms with Crippen LogP contribution in [0, 0.1) is 0 Å². The predicted molar refractivity (Wildman–Crippen MR) is 116 cm³/mol. The largest absolute Gasteiger partial charge is 0.364 e. The molecule has 0 bridgehead atoms. The smallest absolute Gasteiger partial charge is 0.267 e. The first-order valence-corrected chi connectivity index (χ1v) is 11.2. The van der Waals surface area contributed by atoms with Crippen molar-refractivity contribution in [3.8, 4) is 11.1 Å². The number of nitrogens with two attached hydrogens (primary N) is 1. The normalized spacial score (nSPS) is 15.0. The molecule has 0 radical (unpaired) electrons. The fourth-order valence-corrected chi connectivity index (χ4v) is 4.56. The Balaban J connectivity index is 1.38. The molecule has 8 nitrogen and oxygen atoms in total. The minimum Gasteiger partial charge on any atom is -0.364 e. The van der Waals surface area contributed by atoms with E-state index in [9.17, 15) is 9.59 Å². The highest BCUT2D eigenvalue weighted by Gasteiger charge is 2.26. The van der Waals surface area contributed by atoms with Crippen molar-refractivity contribution in [2.45, 2.75) is 49.6 Å². The van der Waals surface area contributed by atoms with Gasteiger partial charge in [-0.3, -0.25) is 19.3 Å². The lowest BCUT2D eigenvalue weighted by Crippen LogP contribution is -2.19. The van der Waals surface area contributed by atoms with E-state index in [-0.39, 0.29) is 18.0 Å². The summed E-state index contributed by atoms with van der Waals surface area (Å²) in [6, 6.07) is 8.08. The maximum atomic E-state index is 12.8. The summed E-state index contributed by atoms with van der Waals surface area (Å²) in [6.45, 7) is 0. The second kappa shape index (κ2) is 8.14. The Bertz CT molecular complexity index is 1170. The van der Waals surface area contributed by atoms with Crippen LogP contribution in [0.15, 0.2) is 41.7 Å². The Labute approximate surface area is 183 Å². The minimum absolute atomic E-state index is 0.100. The van der Waals surface area contributed by atoms with Gasteiger partial charge in [0, 0.05) is 18.1 Å². The zero-order chi connectivity index (χ0) is 21.4. The number of nitrogens with zero attached hydrogens (tertiary/aromatic N) is 4. The molecule has 2 amide bonds. The van der Waals surface area contributed by atoms with Crippen LogP contribution in [0.3, 0.4) is 0 Å². The van der Waals surface area contributed by atoms with E-state index in [2.05, 4.69) is 26.0 Å². The number of hydrogen-bond donors (Lipinski definition) is 2. The van der Waals surface area contributed by atoms with Crippen molar-refractivity contribution in [3.05, 3.63) is 59.0 Å². The van der Waals surface area contributed by atoms with Gasteiger partial charge < -0.3 is 5.73 Å². The Morgan fingerprint density at radius 2 is 2.10 bits per heavy atom. The molecule has 0 saturated heterocycles. The Kier molecular flexibility index (Phi) is 5.19. The number of rotatable bonds is 7. The summed E-state index contributed by atoms with van der Waals surface area (Å²) in [5.74, 6) is -0.672. The zero-order valence-corrected chi connectivity index (χ0v) is 17.7. The summed E-state index contributed by atoms with van der Waals surface area (Å²) in [4.78, 5) is 30.2. The van der Waals surface area contributed by atoms with Crippen LogP contribution in [0.2, 0.25) is 0 Å². The molecule has 3 N–H and O–H groups in total. The third kappa shape index (κ3) is 4.18. The first-order valence-electron chi connectivity index (χ1n) is 10.4. The SMILES string of the molecule is NC(=O)c1cc(-c2ccc3c(c2CC(=O)NSc2cnn(C4CC4)n2)CCC3)ccn1. The molecule has 2 heterocycles. The first-order chi connectivity index (χ1) is 15.1. The van der Waals surface area contributed by atoms with E-state index in [4.69, 9.17) is 5.73 Å². The van der Waals surface area contributed by atoms with Crippen molar-refractivity contribution in [2.75, 3.05) is 0 Å². The van der Waals surface area contributed by atoms with Gasteiger partial charge in [0.15, 0.2) is 5.03 Å². The second-order valence-corrected chi connectivity index (χ2v) is 8.74. The molecular formula is C22H22N6O2S. The average molecular weight is 435 g/mol. The van der Waals surface area contributed by atoms with E-state index in [0.717, 1.165) is 48.8 Å². The lowest BCUT2D eigenvalue weighted by atomic mass is 9.91. The van der Waals surface area contributed by atoms with Crippen LogP contribution in [-0.2, 0) is 24.1 Å². The van der Waals surface area contributed by atoms with Gasteiger partial charge in [-0.25, -0.2) is 0 Å². The summed E-state index contributed by atoms with van der Waals surface area (Å²) in [5.41, 5.74) is 10.9. The van der Waals surface area contributed by atoms with Crippen LogP contribution in [0.1, 0.15) is 52.5 Å². The molecule has 9 heteroatoms. The van der Waals surface area contributed by atoms with Gasteiger partial charge in [-0.2, -0.15) is 9.90 Å². The van der Waals surface area contributed by atoms with Gasteiger partial charge in [0.25, 0.3) is 5.91 Å². The number of amides is 2. The second-order valence-electron chi connectivity index (χ2n) is 7.92. The molecule has 0 spiro atoms. The van der Waals surface area contributed by atoms with Crippen molar-refractivity contribution in [1.82, 2.24) is 24.7 Å². The van der Waals surface area contributed by atoms with Gasteiger partial charge in [0.05, 0.1) is 18.7 Å². The quantitative estimate of drug-likeness (QED) is 0.552. The van der Waals surface area contributed by atoms with Crippen molar-refractivity contribution >= 4 is 23.8 Å². The third-order valence-corrected chi connectivity index (χ3v) is 6.42. The van der Waals surface area contributed by atoms with Crippen LogP contribution >= 0.6 is 11.9 Å². The average Bonchev–Trinajstić information content (AvgIpc) is 3.31. The Morgan fingerprint density at radius 1 is 1.23 bits per heavy atom. The first kappa shape index (κ1) is 19.7. The van der Waals surface area contributed by atoms with Crippen molar-refractivity contribution in [3.63, 3.8) is 0 Å². The van der Waals surface area contributed by atoms with Crippen LogP contribution in [0.25, 0.3) is 11.1 Å². The summed E-state index contributed by atoms with van der Waals surface area (Å²) in [7, 11) is 0. The van der Waals surface area contributed by atoms with Crippen LogP contribution in [0.5, 0.6) is 0 Å². The highest BCUT2D eigenvalue weighted by molar-refractivity contribution is 7.97. The number of benzene rings is 1. The van der Waals surface area contributed by atoms with Gasteiger partial charge in [-0.15, -0.1) is 5.10 Å². The number of carbonyl (C=O) groups is 2. The Hall–Kier alpha value is -3.20. The molecule has 2 aliphatic carbocycles. The van der Waals surface area contributed by atoms with Gasteiger partial charge in [-0.05, 0) is 72.1 Å². The van der Waals surface area contributed by atoms with E-state index in [1.54, 1.807) is 23.3 Å². The van der Waals surface area contributed by atoms with Crippen molar-refractivity contribution in [2.24, 2.45) is 5.73 Å². The number of nitrogens with one attached hydrogen (secondary N) is 1. The molecule has 31 heavy (non-hydrogen) atoms. The molecule has 158 valence electrons. The molecular weight excluding hydrogens is 412 g/mol. The lowest BCUT2D eigenvalue weighted by Gasteiger charge is -2.15. The van der Waals surface area contributed by atoms with E-state index in [1.807, 2.05) is 12.1 Å². The van der Waals surface area contributed by atoms with Gasteiger partial charge in [0.1, 0.15) is 5.69 Å². The lowest BCUT2D eigenvalue weighted by molar-refractivity contribution is -0.118. The van der Waals surface area contributed by atoms with E-state index < -0.39 is 5.91 Å². The molecule has 3 aromatic rings. The standard InChI is InChI=1S/C22H22N6O2S/c23-22(30)19-10-14(8-9-24-19)17-7-4-13-2-1-3-16(13)18(17)11-20(29)27-31-21-12-25-28(26-21)15-5-6-15/h4,7-10,12,15H,1-3,5-6,11H2,(H2,23,30)(H,27,29). The molecule has 0 atom stereocenters. The van der Waals surface area contributed by atoms with E-state index in [1.165, 1.54) is 23.1 Å². The molecule has 1 fully saturated rings. The third-order valence-electron chi connectivity index (χ3n) is 5.69. The number of pyridine rings is 1. The van der Waals surface area contributed by atoms with E-state index >= 15 is 0 Å². The summed E-state index contributed by atoms with van der Waals surface area (Å²) < 4.78 is 2.90. The fourth-order valence-electron chi connectivity index (χ4n) is 4.04. The fraction of sp³-hybridized carbons (Fsp3) is 0.318. The number of primary amides is 1. The molecule has 2 aliphatic rings. The molecule has 1 saturated carbocycles. The van der Waals surface area contributed by atoms with E-state index in [0.29, 0.717) is 11.1 Å². The van der Waals surface area contributed by atoms with Gasteiger partial charge in [-0.1, -0.05) is 12.1 Å². The summed E-state index contributed by atoms with van der Waals surface area (Å²) >= 11 is 1.19. The van der Waals surface area contributed by atoms with Gasteiger partial charge >= 0.3 is 0 Å². The molecule has 0 unspecified atom stereocenters. The van der Waals surface area contributed by atoms with Crippen molar-refractivity contribution in [1.29, 1.82) is 0 Å². The molecule has 2 aromatic heterocycles. The molecule has 5 rings (SSSR count). The van der Waals surface area contributed by atoms with Gasteiger partial charge in [0.2, 0.25) is 5.91 Å². The monoisotopic (exact) mass is 434 g/mol. The Morgan fingerprint density at radius 3 is 2.90 bits per heavy atom.